The van der Waals surface area contributed by atoms with E-state index in [1.165, 1.54) is 19.3 Å². The van der Waals surface area contributed by atoms with Crippen LogP contribution < -0.4 is 5.32 Å². The first kappa shape index (κ1) is 15.9. The summed E-state index contributed by atoms with van der Waals surface area (Å²) in [6, 6.07) is 0. The maximum absolute atomic E-state index is 5.74. The zero-order valence-corrected chi connectivity index (χ0v) is 11.9. The molecule has 0 aromatic heterocycles. The summed E-state index contributed by atoms with van der Waals surface area (Å²) in [4.78, 5) is 0. The van der Waals surface area contributed by atoms with Gasteiger partial charge >= 0.3 is 0 Å². The molecule has 0 rings (SSSR count). The molecule has 0 heterocycles. The summed E-state index contributed by atoms with van der Waals surface area (Å²) in [6.07, 6.45) is 4.06. The molecule has 0 aromatic carbocycles. The van der Waals surface area contributed by atoms with Gasteiger partial charge in [-0.15, -0.1) is 0 Å². The molecule has 0 aromatic rings. The molecule has 0 saturated heterocycles. The summed E-state index contributed by atoms with van der Waals surface area (Å²) in [5.74, 6) is 1.58. The topological polar surface area (TPSA) is 21.3 Å². The number of hydrogen-bond acceptors (Lipinski definition) is 2. The van der Waals surface area contributed by atoms with Gasteiger partial charge in [0.2, 0.25) is 0 Å². The lowest BCUT2D eigenvalue weighted by Gasteiger charge is -2.15. The molecule has 1 atom stereocenters. The Morgan fingerprint density at radius 3 is 2.12 bits per heavy atom. The molecule has 0 aliphatic carbocycles. The summed E-state index contributed by atoms with van der Waals surface area (Å²) in [5, 5.41) is 3.44. The van der Waals surface area contributed by atoms with E-state index in [4.69, 9.17) is 4.74 Å². The number of nitrogens with one attached hydrogen (secondary N) is 1. The smallest absolute Gasteiger partial charge is 0.0671 e. The van der Waals surface area contributed by atoms with Crippen molar-refractivity contribution >= 4 is 0 Å². The average Bonchev–Trinajstić information content (AvgIpc) is 2.19. The standard InChI is InChI=1S/C14H31NO/c1-12(2)7-6-10-16-14(5)11-15-9-8-13(3)4/h12-15H,6-11H2,1-5H3. The van der Waals surface area contributed by atoms with Gasteiger partial charge in [0, 0.05) is 13.2 Å². The van der Waals surface area contributed by atoms with E-state index in [0.29, 0.717) is 6.10 Å². The van der Waals surface area contributed by atoms with E-state index in [0.717, 1.165) is 31.5 Å². The number of rotatable bonds is 10. The Labute approximate surface area is 102 Å². The van der Waals surface area contributed by atoms with Crippen LogP contribution in [0.15, 0.2) is 0 Å². The van der Waals surface area contributed by atoms with Gasteiger partial charge < -0.3 is 10.1 Å². The van der Waals surface area contributed by atoms with Crippen LogP contribution in [0.4, 0.5) is 0 Å². The van der Waals surface area contributed by atoms with E-state index < -0.39 is 0 Å². The summed E-state index contributed by atoms with van der Waals surface area (Å²) in [5.41, 5.74) is 0. The van der Waals surface area contributed by atoms with Crippen LogP contribution in [-0.2, 0) is 4.74 Å². The van der Waals surface area contributed by atoms with Crippen LogP contribution in [0.2, 0.25) is 0 Å². The largest absolute Gasteiger partial charge is 0.377 e. The molecule has 0 bridgehead atoms. The Bertz CT molecular complexity index is 130. The highest BCUT2D eigenvalue weighted by atomic mass is 16.5. The molecule has 0 saturated carbocycles. The van der Waals surface area contributed by atoms with E-state index in [2.05, 4.69) is 39.9 Å². The van der Waals surface area contributed by atoms with Crippen LogP contribution >= 0.6 is 0 Å². The molecule has 0 spiro atoms. The Kier molecular flexibility index (Phi) is 10.0. The van der Waals surface area contributed by atoms with E-state index in [9.17, 15) is 0 Å². The third kappa shape index (κ3) is 12.0. The maximum Gasteiger partial charge on any atom is 0.0671 e. The van der Waals surface area contributed by atoms with Gasteiger partial charge in [-0.25, -0.2) is 0 Å². The SMILES string of the molecule is CC(C)CCCOC(C)CNCCC(C)C. The Morgan fingerprint density at radius 1 is 0.938 bits per heavy atom. The molecule has 0 aliphatic rings. The van der Waals surface area contributed by atoms with Crippen molar-refractivity contribution in [2.75, 3.05) is 19.7 Å². The van der Waals surface area contributed by atoms with Gasteiger partial charge in [-0.2, -0.15) is 0 Å². The Balaban J connectivity index is 3.21. The minimum atomic E-state index is 0.347. The van der Waals surface area contributed by atoms with E-state index >= 15 is 0 Å². The van der Waals surface area contributed by atoms with Crippen LogP contribution in [0.5, 0.6) is 0 Å². The van der Waals surface area contributed by atoms with Crippen molar-refractivity contribution in [2.45, 2.75) is 60.0 Å². The normalized spacial score (nSPS) is 13.7. The molecule has 0 fully saturated rings. The highest BCUT2D eigenvalue weighted by molar-refractivity contribution is 4.57. The lowest BCUT2D eigenvalue weighted by Crippen LogP contribution is -2.28. The second-order valence-corrected chi connectivity index (χ2v) is 5.60. The van der Waals surface area contributed by atoms with Crippen molar-refractivity contribution in [1.82, 2.24) is 5.32 Å². The fourth-order valence-corrected chi connectivity index (χ4v) is 1.53. The molecule has 2 heteroatoms. The van der Waals surface area contributed by atoms with Crippen molar-refractivity contribution in [3.05, 3.63) is 0 Å². The first-order valence-electron chi connectivity index (χ1n) is 6.84. The van der Waals surface area contributed by atoms with Gasteiger partial charge in [0.25, 0.3) is 0 Å². The fraction of sp³-hybridized carbons (Fsp3) is 1.00. The average molecular weight is 229 g/mol. The van der Waals surface area contributed by atoms with Gasteiger partial charge in [-0.1, -0.05) is 27.7 Å². The number of ether oxygens (including phenoxy) is 1. The zero-order chi connectivity index (χ0) is 12.4. The summed E-state index contributed by atoms with van der Waals surface area (Å²) in [6.45, 7) is 14.2. The van der Waals surface area contributed by atoms with Crippen LogP contribution in [0.25, 0.3) is 0 Å². The minimum Gasteiger partial charge on any atom is -0.377 e. The predicted octanol–water partition coefficient (Wildman–Crippen LogP) is 3.46. The molecule has 0 amide bonds. The van der Waals surface area contributed by atoms with Crippen LogP contribution in [0.1, 0.15) is 53.9 Å². The van der Waals surface area contributed by atoms with Crippen molar-refractivity contribution < 1.29 is 4.74 Å². The van der Waals surface area contributed by atoms with Gasteiger partial charge in [0.1, 0.15) is 0 Å². The molecule has 98 valence electrons. The van der Waals surface area contributed by atoms with Crippen LogP contribution in [0.3, 0.4) is 0 Å². The molecule has 1 N–H and O–H groups in total. The molecular weight excluding hydrogens is 198 g/mol. The summed E-state index contributed by atoms with van der Waals surface area (Å²) < 4.78 is 5.74. The first-order valence-corrected chi connectivity index (χ1v) is 6.84. The lowest BCUT2D eigenvalue weighted by molar-refractivity contribution is 0.0617. The second kappa shape index (κ2) is 10.1. The van der Waals surface area contributed by atoms with Gasteiger partial charge in [0.15, 0.2) is 0 Å². The molecule has 0 aliphatic heterocycles. The van der Waals surface area contributed by atoms with Crippen molar-refractivity contribution in [3.63, 3.8) is 0 Å². The zero-order valence-electron chi connectivity index (χ0n) is 11.9. The van der Waals surface area contributed by atoms with Crippen LogP contribution in [-0.4, -0.2) is 25.8 Å². The van der Waals surface area contributed by atoms with E-state index in [-0.39, 0.29) is 0 Å². The Morgan fingerprint density at radius 2 is 1.56 bits per heavy atom. The molecule has 0 radical (unpaired) electrons. The predicted molar refractivity (Wildman–Crippen MR) is 71.8 cm³/mol. The fourth-order valence-electron chi connectivity index (χ4n) is 1.53. The van der Waals surface area contributed by atoms with Crippen molar-refractivity contribution in [1.29, 1.82) is 0 Å². The molecule has 16 heavy (non-hydrogen) atoms. The highest BCUT2D eigenvalue weighted by Gasteiger charge is 2.02. The van der Waals surface area contributed by atoms with Gasteiger partial charge in [-0.05, 0) is 44.6 Å². The first-order chi connectivity index (χ1) is 7.52. The quantitative estimate of drug-likeness (QED) is 0.579. The molecular formula is C14H31NO. The van der Waals surface area contributed by atoms with Gasteiger partial charge in [0.05, 0.1) is 6.10 Å². The minimum absolute atomic E-state index is 0.347. The van der Waals surface area contributed by atoms with Crippen molar-refractivity contribution in [3.8, 4) is 0 Å². The lowest BCUT2D eigenvalue weighted by atomic mass is 10.1. The maximum atomic E-state index is 5.74. The monoisotopic (exact) mass is 229 g/mol. The second-order valence-electron chi connectivity index (χ2n) is 5.60. The van der Waals surface area contributed by atoms with Crippen LogP contribution in [0, 0.1) is 11.8 Å². The molecule has 2 nitrogen and oxygen atoms in total. The highest BCUT2D eigenvalue weighted by Crippen LogP contribution is 2.04. The third-order valence-electron chi connectivity index (χ3n) is 2.66. The van der Waals surface area contributed by atoms with E-state index in [1.807, 2.05) is 0 Å². The molecule has 1 unspecified atom stereocenters. The third-order valence-corrected chi connectivity index (χ3v) is 2.66. The Hall–Kier alpha value is -0.0800. The van der Waals surface area contributed by atoms with E-state index in [1.54, 1.807) is 0 Å². The number of hydrogen-bond donors (Lipinski definition) is 1. The summed E-state index contributed by atoms with van der Waals surface area (Å²) >= 11 is 0. The summed E-state index contributed by atoms with van der Waals surface area (Å²) in [7, 11) is 0. The van der Waals surface area contributed by atoms with Gasteiger partial charge in [-0.3, -0.25) is 0 Å². The van der Waals surface area contributed by atoms with Crippen molar-refractivity contribution in [2.24, 2.45) is 11.8 Å².